The first-order chi connectivity index (χ1) is 9.51. The van der Waals surface area contributed by atoms with Crippen molar-refractivity contribution in [3.05, 3.63) is 29.8 Å². The molecule has 0 fully saturated rings. The number of hydrogen-bond donors (Lipinski definition) is 1. The van der Waals surface area contributed by atoms with Gasteiger partial charge in [-0.05, 0) is 31.4 Å². The fourth-order valence-corrected chi connectivity index (χ4v) is 2.24. The van der Waals surface area contributed by atoms with E-state index in [2.05, 4.69) is 0 Å². The molecule has 1 rings (SSSR count). The van der Waals surface area contributed by atoms with Crippen LogP contribution in [-0.2, 0) is 11.2 Å². The smallest absolute Gasteiger partial charge is 0.239 e. The lowest BCUT2D eigenvalue weighted by Crippen LogP contribution is -2.46. The van der Waals surface area contributed by atoms with E-state index >= 15 is 0 Å². The molecule has 20 heavy (non-hydrogen) atoms. The molecule has 0 spiro atoms. The van der Waals surface area contributed by atoms with Gasteiger partial charge < -0.3 is 15.4 Å². The molecule has 0 heterocycles. The van der Waals surface area contributed by atoms with Crippen molar-refractivity contribution in [2.45, 2.75) is 45.2 Å². The molecule has 2 atom stereocenters. The summed E-state index contributed by atoms with van der Waals surface area (Å²) in [5.74, 6) is 0.868. The Balaban J connectivity index is 2.70. The highest BCUT2D eigenvalue weighted by molar-refractivity contribution is 5.81. The van der Waals surface area contributed by atoms with Crippen LogP contribution in [-0.4, -0.2) is 37.0 Å². The number of nitrogens with two attached hydrogens (primary N) is 1. The Morgan fingerprint density at radius 2 is 2.05 bits per heavy atom. The number of amides is 1. The lowest BCUT2D eigenvalue weighted by molar-refractivity contribution is -0.133. The number of rotatable bonds is 7. The summed E-state index contributed by atoms with van der Waals surface area (Å²) >= 11 is 0. The number of nitrogens with zero attached hydrogens (tertiary/aromatic N) is 1. The third-order valence-corrected chi connectivity index (χ3v) is 3.63. The van der Waals surface area contributed by atoms with E-state index in [1.807, 2.05) is 45.2 Å². The van der Waals surface area contributed by atoms with Gasteiger partial charge in [-0.2, -0.15) is 0 Å². The van der Waals surface area contributed by atoms with Gasteiger partial charge in [-0.15, -0.1) is 0 Å². The average molecular weight is 278 g/mol. The molecule has 0 saturated carbocycles. The van der Waals surface area contributed by atoms with Gasteiger partial charge in [-0.3, -0.25) is 4.79 Å². The van der Waals surface area contributed by atoms with Crippen LogP contribution in [0.5, 0.6) is 5.75 Å². The third-order valence-electron chi connectivity index (χ3n) is 3.63. The first kappa shape index (κ1) is 16.5. The van der Waals surface area contributed by atoms with Crippen molar-refractivity contribution in [2.75, 3.05) is 14.2 Å². The van der Waals surface area contributed by atoms with Crippen LogP contribution < -0.4 is 10.5 Å². The Kier molecular flexibility index (Phi) is 6.52. The fourth-order valence-electron chi connectivity index (χ4n) is 2.24. The molecule has 0 aliphatic rings. The standard InChI is InChI=1S/C16H26N2O2/c1-5-8-14(17)16(19)18(3)12(2)11-13-9-6-7-10-15(13)20-4/h6-7,9-10,12,14H,5,8,11,17H2,1-4H3/t12?,14-/m1/s1. The second-order valence-corrected chi connectivity index (χ2v) is 5.21. The highest BCUT2D eigenvalue weighted by Crippen LogP contribution is 2.20. The zero-order valence-electron chi connectivity index (χ0n) is 12.9. The van der Waals surface area contributed by atoms with E-state index in [-0.39, 0.29) is 11.9 Å². The molecule has 0 bridgehead atoms. The lowest BCUT2D eigenvalue weighted by Gasteiger charge is -2.28. The van der Waals surface area contributed by atoms with Crippen LogP contribution in [0.1, 0.15) is 32.3 Å². The van der Waals surface area contributed by atoms with Crippen molar-refractivity contribution in [3.8, 4) is 5.75 Å². The molecule has 0 radical (unpaired) electrons. The molecule has 1 aromatic carbocycles. The molecular formula is C16H26N2O2. The minimum Gasteiger partial charge on any atom is -0.496 e. The summed E-state index contributed by atoms with van der Waals surface area (Å²) in [6, 6.07) is 7.58. The molecule has 0 aliphatic heterocycles. The zero-order valence-corrected chi connectivity index (χ0v) is 12.9. The topological polar surface area (TPSA) is 55.6 Å². The number of benzene rings is 1. The van der Waals surface area contributed by atoms with Gasteiger partial charge in [0.25, 0.3) is 0 Å². The largest absolute Gasteiger partial charge is 0.496 e. The van der Waals surface area contributed by atoms with E-state index in [1.165, 1.54) is 0 Å². The molecule has 4 nitrogen and oxygen atoms in total. The summed E-state index contributed by atoms with van der Waals surface area (Å²) < 4.78 is 5.34. The van der Waals surface area contributed by atoms with E-state index in [9.17, 15) is 4.79 Å². The van der Waals surface area contributed by atoms with Crippen LogP contribution in [0.3, 0.4) is 0 Å². The van der Waals surface area contributed by atoms with Gasteiger partial charge in [0.15, 0.2) is 0 Å². The van der Waals surface area contributed by atoms with Crippen LogP contribution >= 0.6 is 0 Å². The summed E-state index contributed by atoms with van der Waals surface area (Å²) in [6.07, 6.45) is 2.40. The van der Waals surface area contributed by atoms with Gasteiger partial charge in [0.2, 0.25) is 5.91 Å². The van der Waals surface area contributed by atoms with Crippen molar-refractivity contribution < 1.29 is 9.53 Å². The predicted molar refractivity (Wildman–Crippen MR) is 81.8 cm³/mol. The molecule has 0 aromatic heterocycles. The van der Waals surface area contributed by atoms with Gasteiger partial charge in [-0.25, -0.2) is 0 Å². The second kappa shape index (κ2) is 7.90. The van der Waals surface area contributed by atoms with E-state index < -0.39 is 6.04 Å². The monoisotopic (exact) mass is 278 g/mol. The number of carbonyl (C=O) groups excluding carboxylic acids is 1. The van der Waals surface area contributed by atoms with Crippen LogP contribution in [0, 0.1) is 0 Å². The SMILES string of the molecule is CCC[C@@H](N)C(=O)N(C)C(C)Cc1ccccc1OC. The average Bonchev–Trinajstić information content (AvgIpc) is 2.46. The maximum absolute atomic E-state index is 12.2. The van der Waals surface area contributed by atoms with E-state index in [4.69, 9.17) is 10.5 Å². The number of para-hydroxylation sites is 1. The molecule has 0 aliphatic carbocycles. The number of methoxy groups -OCH3 is 1. The number of ether oxygens (including phenoxy) is 1. The quantitative estimate of drug-likeness (QED) is 0.832. The lowest BCUT2D eigenvalue weighted by atomic mass is 10.0. The van der Waals surface area contributed by atoms with Crippen molar-refractivity contribution >= 4 is 5.91 Å². The summed E-state index contributed by atoms with van der Waals surface area (Å²) in [4.78, 5) is 13.9. The van der Waals surface area contributed by atoms with Crippen molar-refractivity contribution in [2.24, 2.45) is 5.73 Å². The highest BCUT2D eigenvalue weighted by Gasteiger charge is 2.22. The van der Waals surface area contributed by atoms with Crippen molar-refractivity contribution in [1.82, 2.24) is 4.90 Å². The third kappa shape index (κ3) is 4.23. The summed E-state index contributed by atoms with van der Waals surface area (Å²) in [5, 5.41) is 0. The first-order valence-corrected chi connectivity index (χ1v) is 7.15. The Morgan fingerprint density at radius 1 is 1.40 bits per heavy atom. The molecule has 4 heteroatoms. The molecular weight excluding hydrogens is 252 g/mol. The van der Waals surface area contributed by atoms with Crippen molar-refractivity contribution in [1.29, 1.82) is 0 Å². The Bertz CT molecular complexity index is 434. The number of likely N-dealkylation sites (N-methyl/N-ethyl adjacent to an activating group) is 1. The van der Waals surface area contributed by atoms with E-state index in [1.54, 1.807) is 12.0 Å². The van der Waals surface area contributed by atoms with Gasteiger partial charge in [0.05, 0.1) is 13.2 Å². The van der Waals surface area contributed by atoms with Crippen LogP contribution in [0.4, 0.5) is 0 Å². The Labute approximate surface area is 121 Å². The van der Waals surface area contributed by atoms with E-state index in [0.717, 1.165) is 30.6 Å². The van der Waals surface area contributed by atoms with Crippen LogP contribution in [0.15, 0.2) is 24.3 Å². The van der Waals surface area contributed by atoms with Gasteiger partial charge in [0, 0.05) is 13.1 Å². The van der Waals surface area contributed by atoms with Crippen LogP contribution in [0.25, 0.3) is 0 Å². The van der Waals surface area contributed by atoms with Gasteiger partial charge in [0.1, 0.15) is 5.75 Å². The highest BCUT2D eigenvalue weighted by atomic mass is 16.5. The maximum atomic E-state index is 12.2. The number of hydrogen-bond acceptors (Lipinski definition) is 3. The molecule has 1 unspecified atom stereocenters. The Hall–Kier alpha value is -1.55. The predicted octanol–water partition coefficient (Wildman–Crippen LogP) is 2.21. The molecule has 1 aromatic rings. The number of carbonyl (C=O) groups is 1. The Morgan fingerprint density at radius 3 is 2.65 bits per heavy atom. The minimum atomic E-state index is -0.398. The molecule has 2 N–H and O–H groups in total. The van der Waals surface area contributed by atoms with Gasteiger partial charge in [-0.1, -0.05) is 31.5 Å². The maximum Gasteiger partial charge on any atom is 0.239 e. The fraction of sp³-hybridized carbons (Fsp3) is 0.562. The molecule has 0 saturated heterocycles. The van der Waals surface area contributed by atoms with Crippen molar-refractivity contribution in [3.63, 3.8) is 0 Å². The summed E-state index contributed by atoms with van der Waals surface area (Å²) in [6.45, 7) is 4.06. The molecule has 112 valence electrons. The summed E-state index contributed by atoms with van der Waals surface area (Å²) in [5.41, 5.74) is 7.00. The minimum absolute atomic E-state index is 0.00856. The second-order valence-electron chi connectivity index (χ2n) is 5.21. The van der Waals surface area contributed by atoms with Gasteiger partial charge >= 0.3 is 0 Å². The van der Waals surface area contributed by atoms with E-state index in [0.29, 0.717) is 0 Å². The summed E-state index contributed by atoms with van der Waals surface area (Å²) in [7, 11) is 3.48. The van der Waals surface area contributed by atoms with Crippen LogP contribution in [0.2, 0.25) is 0 Å². The molecule has 1 amide bonds. The normalized spacial score (nSPS) is 13.7. The first-order valence-electron chi connectivity index (χ1n) is 7.15. The zero-order chi connectivity index (χ0) is 15.1.